The summed E-state index contributed by atoms with van der Waals surface area (Å²) in [5.41, 5.74) is 1.15. The van der Waals surface area contributed by atoms with Crippen molar-refractivity contribution in [3.8, 4) is 17.2 Å². The molecular formula is C27H24Cl2N2O8S. The Morgan fingerprint density at radius 3 is 2.45 bits per heavy atom. The normalized spacial score (nSPS) is 14.8. The van der Waals surface area contributed by atoms with Crippen molar-refractivity contribution in [2.75, 3.05) is 27.4 Å². The second-order valence-corrected chi connectivity index (χ2v) is 10.2. The van der Waals surface area contributed by atoms with Gasteiger partial charge in [0, 0.05) is 5.56 Å². The standard InChI is InChI=1S/C27H24Cl2N2O8S/c1-5-38-26(35)22-13(2)30-27-31(23(22)16-11-15(36-3)6-7-19(16)37-4)25(34)20(40-27)10-14-8-17(28)24(18(29)9-14)39-12-21(32)33/h6-11,23H,5,12H2,1-4H3,(H,32,33)/b20-10-/t23-/m1/s1. The predicted molar refractivity (Wildman–Crippen MR) is 150 cm³/mol. The van der Waals surface area contributed by atoms with Crippen molar-refractivity contribution in [1.29, 1.82) is 0 Å². The van der Waals surface area contributed by atoms with Crippen molar-refractivity contribution < 1.29 is 33.6 Å². The molecule has 0 aliphatic carbocycles. The summed E-state index contributed by atoms with van der Waals surface area (Å²) in [5.74, 6) is -0.831. The molecule has 0 fully saturated rings. The molecular weight excluding hydrogens is 583 g/mol. The Bertz CT molecular complexity index is 1690. The number of aliphatic carboxylic acids is 1. The third kappa shape index (κ3) is 5.72. The number of ether oxygens (including phenoxy) is 4. The van der Waals surface area contributed by atoms with E-state index in [0.29, 0.717) is 33.1 Å². The minimum Gasteiger partial charge on any atom is -0.497 e. The molecule has 13 heteroatoms. The number of fused-ring (bicyclic) bond motifs is 1. The zero-order chi connectivity index (χ0) is 29.1. The lowest BCUT2D eigenvalue weighted by molar-refractivity contribution is -0.140. The molecule has 0 saturated heterocycles. The quantitative estimate of drug-likeness (QED) is 0.366. The third-order valence-corrected chi connectivity index (χ3v) is 7.45. The van der Waals surface area contributed by atoms with Gasteiger partial charge in [0.2, 0.25) is 0 Å². The average Bonchev–Trinajstić information content (AvgIpc) is 3.20. The number of halogens is 2. The first-order valence-electron chi connectivity index (χ1n) is 11.8. The highest BCUT2D eigenvalue weighted by molar-refractivity contribution is 7.07. The summed E-state index contributed by atoms with van der Waals surface area (Å²) in [6.07, 6.45) is 1.58. The number of carbonyl (C=O) groups is 2. The van der Waals surface area contributed by atoms with E-state index in [0.717, 1.165) is 11.3 Å². The van der Waals surface area contributed by atoms with Gasteiger partial charge in [0.05, 0.1) is 46.7 Å². The van der Waals surface area contributed by atoms with Crippen molar-refractivity contribution in [2.45, 2.75) is 19.9 Å². The molecule has 0 radical (unpaired) electrons. The Morgan fingerprint density at radius 1 is 1.15 bits per heavy atom. The molecule has 1 aromatic heterocycles. The number of benzene rings is 2. The fourth-order valence-corrected chi connectivity index (χ4v) is 5.88. The minimum absolute atomic E-state index is 0.0177. The number of nitrogens with zero attached hydrogens (tertiary/aromatic N) is 2. The van der Waals surface area contributed by atoms with Gasteiger partial charge in [-0.2, -0.15) is 0 Å². The summed E-state index contributed by atoms with van der Waals surface area (Å²) in [6.45, 7) is 2.89. The molecule has 0 bridgehead atoms. The van der Waals surface area contributed by atoms with Crippen molar-refractivity contribution in [2.24, 2.45) is 4.99 Å². The molecule has 2 aromatic carbocycles. The monoisotopic (exact) mass is 606 g/mol. The molecule has 2 heterocycles. The van der Waals surface area contributed by atoms with E-state index in [-0.39, 0.29) is 32.5 Å². The molecule has 0 amide bonds. The molecule has 10 nitrogen and oxygen atoms in total. The number of thiazole rings is 1. The van der Waals surface area contributed by atoms with E-state index >= 15 is 0 Å². The number of methoxy groups -OCH3 is 2. The summed E-state index contributed by atoms with van der Waals surface area (Å²) in [6, 6.07) is 7.20. The molecule has 1 aliphatic heterocycles. The average molecular weight is 607 g/mol. The van der Waals surface area contributed by atoms with Crippen LogP contribution in [0.4, 0.5) is 0 Å². The Labute approximate surface area is 242 Å². The maximum absolute atomic E-state index is 13.9. The lowest BCUT2D eigenvalue weighted by Gasteiger charge is -2.26. The van der Waals surface area contributed by atoms with E-state index < -0.39 is 30.1 Å². The van der Waals surface area contributed by atoms with E-state index in [2.05, 4.69) is 4.99 Å². The maximum Gasteiger partial charge on any atom is 0.341 e. The number of allylic oxidation sites excluding steroid dienone is 1. The highest BCUT2D eigenvalue weighted by Gasteiger charge is 2.35. The Kier molecular flexibility index (Phi) is 8.87. The second-order valence-electron chi connectivity index (χ2n) is 8.41. The van der Waals surface area contributed by atoms with Gasteiger partial charge in [-0.3, -0.25) is 9.36 Å². The summed E-state index contributed by atoms with van der Waals surface area (Å²) in [5, 5.41) is 9.03. The summed E-state index contributed by atoms with van der Waals surface area (Å²) in [4.78, 5) is 42.8. The Balaban J connectivity index is 1.93. The zero-order valence-electron chi connectivity index (χ0n) is 21.8. The van der Waals surface area contributed by atoms with Crippen molar-refractivity contribution in [3.63, 3.8) is 0 Å². The molecule has 210 valence electrons. The van der Waals surface area contributed by atoms with Crippen LogP contribution in [0.15, 0.2) is 51.4 Å². The summed E-state index contributed by atoms with van der Waals surface area (Å²) < 4.78 is 23.2. The van der Waals surface area contributed by atoms with Gasteiger partial charge in [0.15, 0.2) is 17.2 Å². The van der Waals surface area contributed by atoms with Crippen LogP contribution in [0.2, 0.25) is 10.0 Å². The van der Waals surface area contributed by atoms with Crippen LogP contribution in [-0.2, 0) is 14.3 Å². The van der Waals surface area contributed by atoms with E-state index in [4.69, 9.17) is 47.3 Å². The van der Waals surface area contributed by atoms with Gasteiger partial charge in [0.25, 0.3) is 5.56 Å². The van der Waals surface area contributed by atoms with Crippen LogP contribution in [0.3, 0.4) is 0 Å². The molecule has 0 saturated carbocycles. The Morgan fingerprint density at radius 2 is 1.85 bits per heavy atom. The first kappa shape index (κ1) is 29.2. The Hall–Kier alpha value is -3.80. The first-order valence-corrected chi connectivity index (χ1v) is 13.4. The van der Waals surface area contributed by atoms with Crippen LogP contribution in [0.25, 0.3) is 6.08 Å². The minimum atomic E-state index is -1.18. The van der Waals surface area contributed by atoms with E-state index in [9.17, 15) is 14.4 Å². The van der Waals surface area contributed by atoms with Gasteiger partial charge in [0.1, 0.15) is 17.5 Å². The topological polar surface area (TPSA) is 126 Å². The number of carboxylic acids is 1. The van der Waals surface area contributed by atoms with E-state index in [1.807, 2.05) is 0 Å². The van der Waals surface area contributed by atoms with Crippen molar-refractivity contribution in [1.82, 2.24) is 4.57 Å². The number of hydrogen-bond acceptors (Lipinski definition) is 9. The van der Waals surface area contributed by atoms with Crippen LogP contribution in [0, 0.1) is 0 Å². The van der Waals surface area contributed by atoms with Crippen molar-refractivity contribution >= 4 is 52.6 Å². The molecule has 4 rings (SSSR count). The molecule has 3 aromatic rings. The fraction of sp³-hybridized carbons (Fsp3) is 0.259. The maximum atomic E-state index is 13.9. The van der Waals surface area contributed by atoms with Gasteiger partial charge in [-0.25, -0.2) is 14.6 Å². The highest BCUT2D eigenvalue weighted by Crippen LogP contribution is 2.38. The molecule has 1 aliphatic rings. The zero-order valence-corrected chi connectivity index (χ0v) is 24.1. The van der Waals surface area contributed by atoms with Gasteiger partial charge in [-0.15, -0.1) is 0 Å². The molecule has 0 spiro atoms. The van der Waals surface area contributed by atoms with Crippen molar-refractivity contribution in [3.05, 3.63) is 82.5 Å². The number of hydrogen-bond donors (Lipinski definition) is 1. The molecule has 0 unspecified atom stereocenters. The summed E-state index contributed by atoms with van der Waals surface area (Å²) in [7, 11) is 3.01. The number of carbonyl (C=O) groups excluding carboxylic acids is 1. The number of esters is 1. The largest absolute Gasteiger partial charge is 0.497 e. The molecule has 1 atom stereocenters. The molecule has 40 heavy (non-hydrogen) atoms. The smallest absolute Gasteiger partial charge is 0.341 e. The number of aromatic nitrogens is 1. The molecule has 1 N–H and O–H groups in total. The lowest BCUT2D eigenvalue weighted by Crippen LogP contribution is -2.40. The van der Waals surface area contributed by atoms with E-state index in [1.165, 1.54) is 30.9 Å². The van der Waals surface area contributed by atoms with Crippen LogP contribution in [0.1, 0.15) is 31.0 Å². The fourth-order valence-electron chi connectivity index (χ4n) is 4.22. The van der Waals surface area contributed by atoms with Crippen LogP contribution < -0.4 is 29.1 Å². The second kappa shape index (κ2) is 12.2. The van der Waals surface area contributed by atoms with E-state index in [1.54, 1.807) is 38.1 Å². The number of carboxylic acid groups (broad SMARTS) is 1. The van der Waals surface area contributed by atoms with Crippen LogP contribution >= 0.6 is 34.5 Å². The van der Waals surface area contributed by atoms with Gasteiger partial charge in [-0.05, 0) is 55.8 Å². The summed E-state index contributed by atoms with van der Waals surface area (Å²) >= 11 is 13.7. The SMILES string of the molecule is CCOC(=O)C1=C(C)N=c2s/c(=C\c3cc(Cl)c(OCC(=O)O)c(Cl)c3)c(=O)n2[C@@H]1c1cc(OC)ccc1OC. The predicted octanol–water partition coefficient (Wildman–Crippen LogP) is 3.59. The number of rotatable bonds is 9. The third-order valence-electron chi connectivity index (χ3n) is 5.91. The lowest BCUT2D eigenvalue weighted by atomic mass is 9.94. The van der Waals surface area contributed by atoms with Crippen LogP contribution in [-0.4, -0.2) is 49.0 Å². The van der Waals surface area contributed by atoms with Gasteiger partial charge >= 0.3 is 11.9 Å². The first-order chi connectivity index (χ1) is 19.1. The highest BCUT2D eigenvalue weighted by atomic mass is 35.5. The van der Waals surface area contributed by atoms with Gasteiger partial charge < -0.3 is 24.1 Å². The van der Waals surface area contributed by atoms with Crippen LogP contribution in [0.5, 0.6) is 17.2 Å². The van der Waals surface area contributed by atoms with Gasteiger partial charge in [-0.1, -0.05) is 34.5 Å².